The Balaban J connectivity index is 2.07. The van der Waals surface area contributed by atoms with E-state index in [1.807, 2.05) is 37.3 Å². The summed E-state index contributed by atoms with van der Waals surface area (Å²) in [6, 6.07) is 17.2. The minimum Gasteiger partial charge on any atom is -0.289 e. The smallest absolute Gasteiger partial charge is 0.195 e. The molecule has 0 amide bonds. The molecule has 142 valence electrons. The molecule has 0 saturated heterocycles. The second-order valence-corrected chi connectivity index (χ2v) is 9.07. The molecule has 3 aromatic rings. The molecule has 1 aliphatic heterocycles. The van der Waals surface area contributed by atoms with Crippen LogP contribution in [0, 0.1) is 13.8 Å². The van der Waals surface area contributed by atoms with E-state index >= 15 is 0 Å². The molecule has 0 fully saturated rings. The largest absolute Gasteiger partial charge is 0.289 e. The fourth-order valence-corrected chi connectivity index (χ4v) is 5.21. The van der Waals surface area contributed by atoms with Gasteiger partial charge in [-0.15, -0.1) is 11.3 Å². The number of hydrogen-bond donors (Lipinski definition) is 0. The van der Waals surface area contributed by atoms with Crippen molar-refractivity contribution in [2.75, 3.05) is 0 Å². The molecule has 5 rings (SSSR count). The molecule has 0 bridgehead atoms. The van der Waals surface area contributed by atoms with Crippen LogP contribution >= 0.6 is 34.5 Å². The molecule has 2 nitrogen and oxygen atoms in total. The highest BCUT2D eigenvalue weighted by Crippen LogP contribution is 2.43. The molecule has 3 aromatic carbocycles. The van der Waals surface area contributed by atoms with Crippen LogP contribution in [0.1, 0.15) is 11.1 Å². The molecule has 0 N–H and O–H groups in total. The Morgan fingerprint density at radius 2 is 1.62 bits per heavy atom. The molecular weight excluding hydrogens is 421 g/mol. The molecule has 0 unspecified atom stereocenters. The molecule has 0 radical (unpaired) electrons. The molecule has 0 spiro atoms. The fourth-order valence-electron chi connectivity index (χ4n) is 3.69. The lowest BCUT2D eigenvalue weighted by molar-refractivity contribution is 1.35. The Morgan fingerprint density at radius 1 is 0.897 bits per heavy atom. The number of aromatic nitrogens is 1. The van der Waals surface area contributed by atoms with Crippen molar-refractivity contribution in [3.05, 3.63) is 86.0 Å². The molecule has 0 atom stereocenters. The van der Waals surface area contributed by atoms with Crippen LogP contribution in [0.3, 0.4) is 0 Å². The molecule has 0 saturated carbocycles. The van der Waals surface area contributed by atoms with Crippen molar-refractivity contribution in [1.29, 1.82) is 0 Å². The summed E-state index contributed by atoms with van der Waals surface area (Å²) in [5.41, 5.74) is 5.08. The first-order valence-electron chi connectivity index (χ1n) is 9.16. The van der Waals surface area contributed by atoms with E-state index in [0.717, 1.165) is 37.3 Å². The first kappa shape index (κ1) is 18.6. The quantitative estimate of drug-likeness (QED) is 0.201. The second kappa shape index (κ2) is 6.81. The standard InChI is InChI=1S/C24H15Cl2NOS/c1-12-9-15-16(10-13(12)2)23(28)21(17-11-14(25)7-8-18(17)26)24-22(15)27-19-5-3-4-6-20(19)29-24/h3-11H,1-2H3. The van der Waals surface area contributed by atoms with Crippen LogP contribution < -0.4 is 5.43 Å². The third kappa shape index (κ3) is 2.93. The monoisotopic (exact) mass is 435 g/mol. The van der Waals surface area contributed by atoms with E-state index in [9.17, 15) is 4.79 Å². The lowest BCUT2D eigenvalue weighted by atomic mass is 9.93. The number of nitrogens with zero attached hydrogens (tertiary/aromatic N) is 1. The molecule has 1 aliphatic carbocycles. The number of halogens is 2. The van der Waals surface area contributed by atoms with Gasteiger partial charge in [-0.25, -0.2) is 4.98 Å². The first-order valence-corrected chi connectivity index (χ1v) is 10.7. The van der Waals surface area contributed by atoms with Crippen LogP contribution in [0.2, 0.25) is 10.0 Å². The molecule has 0 aromatic heterocycles. The Bertz CT molecular complexity index is 1470. The van der Waals surface area contributed by atoms with Crippen LogP contribution in [-0.2, 0) is 0 Å². The maximum Gasteiger partial charge on any atom is 0.195 e. The van der Waals surface area contributed by atoms with Gasteiger partial charge in [0.1, 0.15) is 0 Å². The summed E-state index contributed by atoms with van der Waals surface area (Å²) in [5, 5.41) is 2.56. The van der Waals surface area contributed by atoms with Crippen molar-refractivity contribution < 1.29 is 0 Å². The number of benzene rings is 4. The van der Waals surface area contributed by atoms with E-state index in [1.165, 1.54) is 0 Å². The third-order valence-corrected chi connectivity index (χ3v) is 7.04. The second-order valence-electron chi connectivity index (χ2n) is 7.17. The summed E-state index contributed by atoms with van der Waals surface area (Å²) >= 11 is 14.3. The van der Waals surface area contributed by atoms with Gasteiger partial charge in [-0.2, -0.15) is 0 Å². The maximum atomic E-state index is 13.7. The van der Waals surface area contributed by atoms with Crippen LogP contribution in [0.4, 0.5) is 0 Å². The zero-order chi connectivity index (χ0) is 20.3. The Hall–Kier alpha value is -2.46. The Labute approximate surface area is 181 Å². The van der Waals surface area contributed by atoms with Crippen molar-refractivity contribution in [2.45, 2.75) is 13.8 Å². The van der Waals surface area contributed by atoms with Gasteiger partial charge in [0.15, 0.2) is 5.43 Å². The highest BCUT2D eigenvalue weighted by atomic mass is 35.5. The van der Waals surface area contributed by atoms with E-state index in [1.54, 1.807) is 29.5 Å². The zero-order valence-corrected chi connectivity index (χ0v) is 18.0. The minimum atomic E-state index is -0.0481. The molecule has 5 heteroatoms. The predicted molar refractivity (Wildman–Crippen MR) is 125 cm³/mol. The van der Waals surface area contributed by atoms with E-state index in [-0.39, 0.29) is 5.43 Å². The minimum absolute atomic E-state index is 0.0481. The summed E-state index contributed by atoms with van der Waals surface area (Å²) in [7, 11) is 0. The number of aryl methyl sites for hydroxylation is 2. The van der Waals surface area contributed by atoms with Gasteiger partial charge in [0, 0.05) is 26.4 Å². The molecule has 29 heavy (non-hydrogen) atoms. The van der Waals surface area contributed by atoms with E-state index in [2.05, 4.69) is 13.0 Å². The van der Waals surface area contributed by atoms with Gasteiger partial charge in [-0.05, 0) is 67.4 Å². The average molecular weight is 436 g/mol. The number of rotatable bonds is 1. The van der Waals surface area contributed by atoms with Gasteiger partial charge >= 0.3 is 0 Å². The van der Waals surface area contributed by atoms with Crippen LogP contribution in [-0.4, -0.2) is 4.98 Å². The number of hydrogen-bond acceptors (Lipinski definition) is 3. The Kier molecular flexibility index (Phi) is 4.36. The highest BCUT2D eigenvalue weighted by molar-refractivity contribution is 7.22. The van der Waals surface area contributed by atoms with Crippen molar-refractivity contribution in [2.24, 2.45) is 0 Å². The summed E-state index contributed by atoms with van der Waals surface area (Å²) in [6.07, 6.45) is 0. The zero-order valence-electron chi connectivity index (χ0n) is 15.7. The van der Waals surface area contributed by atoms with E-state index in [0.29, 0.717) is 26.6 Å². The molecule has 1 heterocycles. The third-order valence-electron chi connectivity index (χ3n) is 5.31. The fraction of sp³-hybridized carbons (Fsp3) is 0.0833. The Morgan fingerprint density at radius 3 is 2.41 bits per heavy atom. The van der Waals surface area contributed by atoms with E-state index in [4.69, 9.17) is 28.2 Å². The van der Waals surface area contributed by atoms with Crippen molar-refractivity contribution in [1.82, 2.24) is 4.98 Å². The van der Waals surface area contributed by atoms with Gasteiger partial charge < -0.3 is 0 Å². The number of para-hydroxylation sites is 1. The lowest BCUT2D eigenvalue weighted by Crippen LogP contribution is -2.10. The van der Waals surface area contributed by atoms with Crippen LogP contribution in [0.15, 0.2) is 59.4 Å². The normalized spacial score (nSPS) is 11.6. The van der Waals surface area contributed by atoms with Gasteiger partial charge in [-0.1, -0.05) is 35.3 Å². The van der Waals surface area contributed by atoms with E-state index < -0.39 is 0 Å². The number of fused-ring (bicyclic) bond motifs is 4. The molecule has 2 aliphatic rings. The highest BCUT2D eigenvalue weighted by Gasteiger charge is 2.23. The summed E-state index contributed by atoms with van der Waals surface area (Å²) in [4.78, 5) is 19.5. The van der Waals surface area contributed by atoms with Crippen molar-refractivity contribution in [3.63, 3.8) is 0 Å². The average Bonchev–Trinajstić information content (AvgIpc) is 2.71. The van der Waals surface area contributed by atoms with Gasteiger partial charge in [0.2, 0.25) is 0 Å². The predicted octanol–water partition coefficient (Wildman–Crippen LogP) is 7.51. The van der Waals surface area contributed by atoms with Crippen molar-refractivity contribution in [3.8, 4) is 21.7 Å². The topological polar surface area (TPSA) is 30.0 Å². The summed E-state index contributed by atoms with van der Waals surface area (Å²) in [5.74, 6) is 0. The molecular formula is C24H15Cl2NOS. The lowest BCUT2D eigenvalue weighted by Gasteiger charge is -2.17. The summed E-state index contributed by atoms with van der Waals surface area (Å²) in [6.45, 7) is 4.07. The van der Waals surface area contributed by atoms with Crippen molar-refractivity contribution >= 4 is 55.5 Å². The van der Waals surface area contributed by atoms with Gasteiger partial charge in [-0.3, -0.25) is 4.79 Å². The van der Waals surface area contributed by atoms with Crippen LogP contribution in [0.25, 0.3) is 42.7 Å². The van der Waals surface area contributed by atoms with Crippen LogP contribution in [0.5, 0.6) is 0 Å². The maximum absolute atomic E-state index is 13.7. The van der Waals surface area contributed by atoms with Gasteiger partial charge in [0.05, 0.1) is 26.4 Å². The summed E-state index contributed by atoms with van der Waals surface area (Å²) < 4.78 is 1.02. The first-order chi connectivity index (χ1) is 13.9. The van der Waals surface area contributed by atoms with Gasteiger partial charge in [0.25, 0.3) is 0 Å². The SMILES string of the molecule is Cc1cc2c3nc4ccccc4sc-3c(-c3cc(Cl)ccc3Cl)c(=O)c2cc1C.